The van der Waals surface area contributed by atoms with Crippen LogP contribution in [0, 0.1) is 0 Å². The number of rotatable bonds is 4. The molecule has 0 bridgehead atoms. The van der Waals surface area contributed by atoms with Gasteiger partial charge in [0.2, 0.25) is 0 Å². The van der Waals surface area contributed by atoms with Gasteiger partial charge in [0.25, 0.3) is 11.8 Å². The molecule has 0 atom stereocenters. The first-order chi connectivity index (χ1) is 10.0. The number of ether oxygens (including phenoxy) is 1. The third-order valence-electron chi connectivity index (χ3n) is 2.85. The number of nitrogens with one attached hydrogen (secondary N) is 1. The molecule has 0 aliphatic heterocycles. The fourth-order valence-electron chi connectivity index (χ4n) is 1.82. The second-order valence-electron chi connectivity index (χ2n) is 4.30. The molecule has 0 unspecified atom stereocenters. The summed E-state index contributed by atoms with van der Waals surface area (Å²) in [6.07, 6.45) is 0. The van der Waals surface area contributed by atoms with Crippen LogP contribution < -0.4 is 21.5 Å². The number of carbonyl (C=O) groups is 2. The topological polar surface area (TPSA) is 107 Å². The van der Waals surface area contributed by atoms with Gasteiger partial charge in [0.15, 0.2) is 0 Å². The molecule has 2 amide bonds. The highest BCUT2D eigenvalue weighted by Gasteiger charge is 2.15. The summed E-state index contributed by atoms with van der Waals surface area (Å²) in [5, 5.41) is 2.51. The van der Waals surface area contributed by atoms with E-state index in [1.807, 2.05) is 0 Å². The number of amides is 2. The van der Waals surface area contributed by atoms with Crippen molar-refractivity contribution in [3.63, 3.8) is 0 Å². The average Bonchev–Trinajstić information content (AvgIpc) is 2.47. The second-order valence-corrected chi connectivity index (χ2v) is 4.30. The predicted molar refractivity (Wildman–Crippen MR) is 79.3 cm³/mol. The Morgan fingerprint density at radius 1 is 1.05 bits per heavy atom. The summed E-state index contributed by atoms with van der Waals surface area (Å²) in [5.74, 6) is -0.415. The second kappa shape index (κ2) is 5.96. The van der Waals surface area contributed by atoms with E-state index < -0.39 is 5.91 Å². The molecule has 0 aliphatic carbocycles. The molecule has 5 N–H and O–H groups in total. The molecule has 0 saturated carbocycles. The maximum absolute atomic E-state index is 11.8. The maximum atomic E-state index is 11.8. The average molecular weight is 285 g/mol. The lowest BCUT2D eigenvalue weighted by molar-refractivity contribution is 0.0960. The minimum atomic E-state index is -0.615. The minimum absolute atomic E-state index is 0.225. The Kier molecular flexibility index (Phi) is 4.08. The van der Waals surface area contributed by atoms with Gasteiger partial charge in [0.05, 0.1) is 11.1 Å². The number of hydrogen-bond donors (Lipinski definition) is 3. The molecular weight excluding hydrogens is 270 g/mol. The highest BCUT2D eigenvalue weighted by atomic mass is 16.5. The van der Waals surface area contributed by atoms with Gasteiger partial charge in [0.1, 0.15) is 11.5 Å². The summed E-state index contributed by atoms with van der Waals surface area (Å²) < 4.78 is 5.66. The lowest BCUT2D eigenvalue weighted by atomic mass is 10.1. The van der Waals surface area contributed by atoms with Crippen molar-refractivity contribution in [1.29, 1.82) is 0 Å². The monoisotopic (exact) mass is 285 g/mol. The van der Waals surface area contributed by atoms with Gasteiger partial charge in [0, 0.05) is 18.8 Å². The van der Waals surface area contributed by atoms with E-state index in [-0.39, 0.29) is 23.0 Å². The Bertz CT molecular complexity index is 698. The lowest BCUT2D eigenvalue weighted by Gasteiger charge is -2.13. The first-order valence-corrected chi connectivity index (χ1v) is 6.21. The highest BCUT2D eigenvalue weighted by molar-refractivity contribution is 5.98. The Morgan fingerprint density at radius 3 is 2.43 bits per heavy atom. The number of carbonyl (C=O) groups excluding carboxylic acids is 2. The largest absolute Gasteiger partial charge is 0.456 e. The van der Waals surface area contributed by atoms with Gasteiger partial charge in [-0.1, -0.05) is 12.1 Å². The van der Waals surface area contributed by atoms with Crippen molar-refractivity contribution in [3.05, 3.63) is 53.6 Å². The van der Waals surface area contributed by atoms with E-state index in [2.05, 4.69) is 5.32 Å². The molecule has 0 radical (unpaired) electrons. The fraction of sp³-hybridized carbons (Fsp3) is 0.0667. The SMILES string of the molecule is CNC(=O)c1ccc(N)cc1Oc1ccccc1C(N)=O. The first-order valence-electron chi connectivity index (χ1n) is 6.21. The molecule has 0 aromatic heterocycles. The molecule has 0 heterocycles. The molecule has 2 aromatic rings. The predicted octanol–water partition coefficient (Wildman–Crippen LogP) is 1.52. The quantitative estimate of drug-likeness (QED) is 0.740. The summed E-state index contributed by atoms with van der Waals surface area (Å²) >= 11 is 0. The number of nitrogens with two attached hydrogens (primary N) is 2. The number of primary amides is 1. The van der Waals surface area contributed by atoms with Crippen LogP contribution in [0.25, 0.3) is 0 Å². The molecule has 0 spiro atoms. The van der Waals surface area contributed by atoms with Crippen molar-refractivity contribution >= 4 is 17.5 Å². The molecule has 0 saturated heterocycles. The van der Waals surface area contributed by atoms with E-state index in [4.69, 9.17) is 16.2 Å². The lowest BCUT2D eigenvalue weighted by Crippen LogP contribution is -2.19. The van der Waals surface area contributed by atoms with Crippen LogP contribution in [-0.2, 0) is 0 Å². The zero-order valence-electron chi connectivity index (χ0n) is 11.4. The van der Waals surface area contributed by atoms with Crippen LogP contribution in [0.15, 0.2) is 42.5 Å². The molecule has 2 rings (SSSR count). The molecule has 6 nitrogen and oxygen atoms in total. The summed E-state index contributed by atoms with van der Waals surface area (Å²) in [4.78, 5) is 23.2. The van der Waals surface area contributed by atoms with Crippen molar-refractivity contribution in [1.82, 2.24) is 5.32 Å². The van der Waals surface area contributed by atoms with Crippen LogP contribution >= 0.6 is 0 Å². The number of nitrogen functional groups attached to an aromatic ring is 1. The highest BCUT2D eigenvalue weighted by Crippen LogP contribution is 2.29. The molecule has 0 aliphatic rings. The van der Waals surface area contributed by atoms with Crippen LogP contribution in [0.3, 0.4) is 0 Å². The van der Waals surface area contributed by atoms with Crippen LogP contribution in [0.5, 0.6) is 11.5 Å². The molecule has 2 aromatic carbocycles. The molecule has 0 fully saturated rings. The smallest absolute Gasteiger partial charge is 0.254 e. The molecule has 108 valence electrons. The van der Waals surface area contributed by atoms with E-state index >= 15 is 0 Å². The number of benzene rings is 2. The van der Waals surface area contributed by atoms with Crippen LogP contribution in [0.4, 0.5) is 5.69 Å². The van der Waals surface area contributed by atoms with Gasteiger partial charge in [-0.2, -0.15) is 0 Å². The summed E-state index contributed by atoms with van der Waals surface area (Å²) in [7, 11) is 1.51. The van der Waals surface area contributed by atoms with E-state index in [0.29, 0.717) is 11.3 Å². The van der Waals surface area contributed by atoms with Crippen LogP contribution in [-0.4, -0.2) is 18.9 Å². The Labute approximate surface area is 121 Å². The van der Waals surface area contributed by atoms with Gasteiger partial charge < -0.3 is 21.5 Å². The van der Waals surface area contributed by atoms with Gasteiger partial charge in [-0.3, -0.25) is 9.59 Å². The fourth-order valence-corrected chi connectivity index (χ4v) is 1.82. The van der Waals surface area contributed by atoms with Crippen molar-refractivity contribution in [2.24, 2.45) is 5.73 Å². The van der Waals surface area contributed by atoms with E-state index in [1.54, 1.807) is 36.4 Å². The summed E-state index contributed by atoms with van der Waals surface area (Å²) in [6.45, 7) is 0. The van der Waals surface area contributed by atoms with Gasteiger partial charge in [-0.15, -0.1) is 0 Å². The minimum Gasteiger partial charge on any atom is -0.456 e. The standard InChI is InChI=1S/C15H15N3O3/c1-18-15(20)11-7-6-9(16)8-13(11)21-12-5-3-2-4-10(12)14(17)19/h2-8H,16H2,1H3,(H2,17,19)(H,18,20). The van der Waals surface area contributed by atoms with Crippen molar-refractivity contribution < 1.29 is 14.3 Å². The van der Waals surface area contributed by atoms with Crippen LogP contribution in [0.1, 0.15) is 20.7 Å². The zero-order valence-corrected chi connectivity index (χ0v) is 11.4. The van der Waals surface area contributed by atoms with Crippen molar-refractivity contribution in [2.75, 3.05) is 12.8 Å². The number of anilines is 1. The van der Waals surface area contributed by atoms with E-state index in [1.165, 1.54) is 13.1 Å². The third-order valence-corrected chi connectivity index (χ3v) is 2.85. The third kappa shape index (κ3) is 3.11. The zero-order chi connectivity index (χ0) is 15.4. The number of hydrogen-bond acceptors (Lipinski definition) is 4. The van der Waals surface area contributed by atoms with Crippen LogP contribution in [0.2, 0.25) is 0 Å². The molecular formula is C15H15N3O3. The van der Waals surface area contributed by atoms with Gasteiger partial charge in [-0.25, -0.2) is 0 Å². The Balaban J connectivity index is 2.46. The normalized spacial score (nSPS) is 9.95. The summed E-state index contributed by atoms with van der Waals surface area (Å²) in [6, 6.07) is 11.2. The van der Waals surface area contributed by atoms with E-state index in [0.717, 1.165) is 0 Å². The number of para-hydroxylation sites is 1. The van der Waals surface area contributed by atoms with E-state index in [9.17, 15) is 9.59 Å². The Morgan fingerprint density at radius 2 is 1.76 bits per heavy atom. The van der Waals surface area contributed by atoms with Gasteiger partial charge >= 0.3 is 0 Å². The van der Waals surface area contributed by atoms with Gasteiger partial charge in [-0.05, 0) is 24.3 Å². The molecule has 6 heteroatoms. The van der Waals surface area contributed by atoms with Crippen molar-refractivity contribution in [2.45, 2.75) is 0 Å². The Hall–Kier alpha value is -3.02. The van der Waals surface area contributed by atoms with Crippen molar-refractivity contribution in [3.8, 4) is 11.5 Å². The summed E-state index contributed by atoms with van der Waals surface area (Å²) in [5.41, 5.74) is 12.0. The maximum Gasteiger partial charge on any atom is 0.254 e. The first kappa shape index (κ1) is 14.4. The molecule has 21 heavy (non-hydrogen) atoms.